The molecule has 4 aromatic rings. The zero-order chi connectivity index (χ0) is 24.5. The van der Waals surface area contributed by atoms with Gasteiger partial charge in [-0.2, -0.15) is 0 Å². The van der Waals surface area contributed by atoms with Crippen LogP contribution in [0.2, 0.25) is 5.02 Å². The second-order valence-corrected chi connectivity index (χ2v) is 12.3. The van der Waals surface area contributed by atoms with Crippen LogP contribution in [-0.4, -0.2) is 31.2 Å². The van der Waals surface area contributed by atoms with Crippen LogP contribution in [0, 0.1) is 13.8 Å². The number of nitrogens with zero attached hydrogens (tertiary/aromatic N) is 3. The van der Waals surface area contributed by atoms with E-state index in [0.717, 1.165) is 31.8 Å². The molecule has 0 aliphatic heterocycles. The third kappa shape index (κ3) is 5.38. The molecule has 34 heavy (non-hydrogen) atoms. The van der Waals surface area contributed by atoms with E-state index in [1.54, 1.807) is 47.7 Å². The Bertz CT molecular complexity index is 1440. The molecule has 0 spiro atoms. The van der Waals surface area contributed by atoms with Gasteiger partial charge in [0.2, 0.25) is 0 Å². The van der Waals surface area contributed by atoms with Gasteiger partial charge in [0.1, 0.15) is 10.8 Å². The number of aryl methyl sites for hydroxylation is 2. The van der Waals surface area contributed by atoms with Crippen LogP contribution in [0.3, 0.4) is 0 Å². The minimum Gasteiger partial charge on any atom is -0.299 e. The van der Waals surface area contributed by atoms with Gasteiger partial charge < -0.3 is 0 Å². The van der Waals surface area contributed by atoms with Gasteiger partial charge in [0.15, 0.2) is 0 Å². The van der Waals surface area contributed by atoms with Gasteiger partial charge >= 0.3 is 0 Å². The molecule has 0 bridgehead atoms. The topological polar surface area (TPSA) is 80.2 Å². The van der Waals surface area contributed by atoms with Crippen LogP contribution in [-0.2, 0) is 27.7 Å². The Hall–Kier alpha value is -2.59. The third-order valence-corrected chi connectivity index (χ3v) is 9.17. The summed E-state index contributed by atoms with van der Waals surface area (Å²) in [4.78, 5) is 22.8. The fourth-order valence-electron chi connectivity index (χ4n) is 3.47. The number of halogens is 1. The number of thiazole rings is 2. The molecule has 0 aliphatic carbocycles. The predicted molar refractivity (Wildman–Crippen MR) is 139 cm³/mol. The molecule has 4 rings (SSSR count). The zero-order valence-electron chi connectivity index (χ0n) is 18.8. The number of carbonyl (C=O) groups excluding carboxylic acids is 1. The maximum absolute atomic E-state index is 13.0. The van der Waals surface area contributed by atoms with E-state index in [1.165, 1.54) is 34.8 Å². The van der Waals surface area contributed by atoms with Gasteiger partial charge in [0.25, 0.3) is 10.0 Å². The van der Waals surface area contributed by atoms with E-state index in [0.29, 0.717) is 10.7 Å². The lowest BCUT2D eigenvalue weighted by molar-refractivity contribution is -0.117. The molecule has 2 aromatic carbocycles. The minimum absolute atomic E-state index is 0.0183. The van der Waals surface area contributed by atoms with Gasteiger partial charge in [-0.05, 0) is 49.7 Å². The smallest absolute Gasteiger partial charge is 0.264 e. The average molecular weight is 532 g/mol. The van der Waals surface area contributed by atoms with E-state index in [-0.39, 0.29) is 23.5 Å². The molecular weight excluding hydrogens is 510 g/mol. The minimum atomic E-state index is -3.75. The second kappa shape index (κ2) is 9.95. The summed E-state index contributed by atoms with van der Waals surface area (Å²) in [6.45, 7) is 3.92. The highest BCUT2D eigenvalue weighted by molar-refractivity contribution is 7.92. The number of Topliss-reactive ketones (excluding diaryl/α,β-unsaturated/α-hetero) is 1. The van der Waals surface area contributed by atoms with E-state index in [4.69, 9.17) is 11.6 Å². The summed E-state index contributed by atoms with van der Waals surface area (Å²) < 4.78 is 27.1. The first-order valence-electron chi connectivity index (χ1n) is 10.4. The van der Waals surface area contributed by atoms with Crippen molar-refractivity contribution in [1.29, 1.82) is 0 Å². The number of hydrogen-bond acceptors (Lipinski definition) is 7. The quantitative estimate of drug-likeness (QED) is 0.290. The SMILES string of the molecule is Cc1nc(C)c(-c2csc(CC(=O)Cc3ccc(S(=O)(=O)N(C)c4cccc(Cl)c4)cc3)n2)s1. The standard InChI is InChI=1S/C24H22ClN3O3S3/c1-15-24(33-16(2)26-15)22-14-32-23(27-22)13-20(29)11-17-7-9-21(10-8-17)34(30,31)28(3)19-6-4-5-18(25)12-19/h4-10,12,14H,11,13H2,1-3H3. The highest BCUT2D eigenvalue weighted by Gasteiger charge is 2.21. The predicted octanol–water partition coefficient (Wildman–Crippen LogP) is 5.72. The Labute approximate surface area is 211 Å². The third-order valence-electron chi connectivity index (χ3n) is 5.19. The van der Waals surface area contributed by atoms with E-state index in [1.807, 2.05) is 19.2 Å². The molecule has 2 heterocycles. The molecule has 0 radical (unpaired) electrons. The summed E-state index contributed by atoms with van der Waals surface area (Å²) in [6.07, 6.45) is 0.442. The molecule has 0 fully saturated rings. The van der Waals surface area contributed by atoms with Gasteiger partial charge in [-0.15, -0.1) is 22.7 Å². The Morgan fingerprint density at radius 2 is 1.79 bits per heavy atom. The molecule has 0 unspecified atom stereocenters. The van der Waals surface area contributed by atoms with Gasteiger partial charge in [0, 0.05) is 23.9 Å². The molecule has 10 heteroatoms. The Balaban J connectivity index is 1.42. The van der Waals surface area contributed by atoms with Crippen molar-refractivity contribution in [2.24, 2.45) is 0 Å². The molecular formula is C24H22ClN3O3S3. The summed E-state index contributed by atoms with van der Waals surface area (Å²) in [6, 6.07) is 13.0. The van der Waals surface area contributed by atoms with Crippen LogP contribution in [0.4, 0.5) is 5.69 Å². The number of rotatable bonds is 8. The maximum atomic E-state index is 13.0. The normalized spacial score (nSPS) is 11.5. The van der Waals surface area contributed by atoms with E-state index in [9.17, 15) is 13.2 Å². The zero-order valence-corrected chi connectivity index (χ0v) is 22.0. The van der Waals surface area contributed by atoms with Gasteiger partial charge in [0.05, 0.1) is 38.3 Å². The lowest BCUT2D eigenvalue weighted by atomic mass is 10.1. The number of ketones is 1. The van der Waals surface area contributed by atoms with Gasteiger partial charge in [-0.25, -0.2) is 18.4 Å². The number of sulfonamides is 1. The van der Waals surface area contributed by atoms with E-state index < -0.39 is 10.0 Å². The van der Waals surface area contributed by atoms with Crippen LogP contribution < -0.4 is 4.31 Å². The van der Waals surface area contributed by atoms with Crippen LogP contribution in [0.5, 0.6) is 0 Å². The van der Waals surface area contributed by atoms with Crippen LogP contribution in [0.15, 0.2) is 58.8 Å². The summed E-state index contributed by atoms with van der Waals surface area (Å²) >= 11 is 9.05. The van der Waals surface area contributed by atoms with Crippen molar-refractivity contribution in [2.45, 2.75) is 31.6 Å². The highest BCUT2D eigenvalue weighted by atomic mass is 35.5. The molecule has 0 atom stereocenters. The molecule has 0 saturated heterocycles. The van der Waals surface area contributed by atoms with Crippen molar-refractivity contribution in [3.05, 3.63) is 80.2 Å². The first kappa shape index (κ1) is 24.5. The largest absolute Gasteiger partial charge is 0.299 e. The summed E-state index contributed by atoms with van der Waals surface area (Å²) in [5.74, 6) is 0.0183. The summed E-state index contributed by atoms with van der Waals surface area (Å²) in [7, 11) is -2.27. The number of aromatic nitrogens is 2. The molecule has 6 nitrogen and oxygen atoms in total. The molecule has 2 aromatic heterocycles. The second-order valence-electron chi connectivity index (χ2n) is 7.76. The molecule has 0 saturated carbocycles. The van der Waals surface area contributed by atoms with Crippen LogP contribution >= 0.6 is 34.3 Å². The van der Waals surface area contributed by atoms with Crippen molar-refractivity contribution >= 4 is 55.8 Å². The molecule has 176 valence electrons. The number of hydrogen-bond donors (Lipinski definition) is 0. The lowest BCUT2D eigenvalue weighted by Gasteiger charge is -2.19. The van der Waals surface area contributed by atoms with Crippen molar-refractivity contribution in [3.8, 4) is 10.6 Å². The van der Waals surface area contributed by atoms with Crippen molar-refractivity contribution in [2.75, 3.05) is 11.4 Å². The average Bonchev–Trinajstić information content (AvgIpc) is 3.38. The van der Waals surface area contributed by atoms with Gasteiger partial charge in [-0.1, -0.05) is 29.8 Å². The van der Waals surface area contributed by atoms with E-state index >= 15 is 0 Å². The molecule has 0 N–H and O–H groups in total. The Morgan fingerprint density at radius 3 is 2.44 bits per heavy atom. The van der Waals surface area contributed by atoms with Gasteiger partial charge in [-0.3, -0.25) is 9.10 Å². The molecule has 0 aliphatic rings. The van der Waals surface area contributed by atoms with Crippen LogP contribution in [0.25, 0.3) is 10.6 Å². The monoisotopic (exact) mass is 531 g/mol. The van der Waals surface area contributed by atoms with Crippen molar-refractivity contribution < 1.29 is 13.2 Å². The molecule has 0 amide bonds. The van der Waals surface area contributed by atoms with Crippen molar-refractivity contribution in [3.63, 3.8) is 0 Å². The number of anilines is 1. The van der Waals surface area contributed by atoms with E-state index in [2.05, 4.69) is 9.97 Å². The Morgan fingerprint density at radius 1 is 1.06 bits per heavy atom. The highest BCUT2D eigenvalue weighted by Crippen LogP contribution is 2.31. The summed E-state index contributed by atoms with van der Waals surface area (Å²) in [5.41, 5.74) is 3.02. The lowest BCUT2D eigenvalue weighted by Crippen LogP contribution is -2.26. The van der Waals surface area contributed by atoms with Crippen LogP contribution in [0.1, 0.15) is 21.3 Å². The first-order chi connectivity index (χ1) is 16.1. The number of benzene rings is 2. The fraction of sp³-hybridized carbons (Fsp3) is 0.208. The summed E-state index contributed by atoms with van der Waals surface area (Å²) in [5, 5.41) is 4.16. The van der Waals surface area contributed by atoms with Crippen molar-refractivity contribution in [1.82, 2.24) is 9.97 Å². The number of carbonyl (C=O) groups is 1. The first-order valence-corrected chi connectivity index (χ1v) is 13.9. The Kier molecular flexibility index (Phi) is 7.18. The maximum Gasteiger partial charge on any atom is 0.264 e. The fourth-order valence-corrected chi connectivity index (χ4v) is 6.61.